The van der Waals surface area contributed by atoms with E-state index in [-0.39, 0.29) is 6.42 Å². The van der Waals surface area contributed by atoms with Crippen LogP contribution in [0.25, 0.3) is 0 Å². The predicted molar refractivity (Wildman–Crippen MR) is 33.7 cm³/mol. The van der Waals surface area contributed by atoms with Gasteiger partial charge < -0.3 is 0 Å². The lowest BCUT2D eigenvalue weighted by Crippen LogP contribution is -2.06. The lowest BCUT2D eigenvalue weighted by molar-refractivity contribution is -0.135. The molecule has 0 aromatic heterocycles. The molecule has 0 rings (SSSR count). The highest BCUT2D eigenvalue weighted by Crippen LogP contribution is 2.22. The normalized spacial score (nSPS) is 12.0. The van der Waals surface area contributed by atoms with Crippen molar-refractivity contribution in [2.45, 2.75) is 25.4 Å². The summed E-state index contributed by atoms with van der Waals surface area (Å²) >= 11 is 3.05. The standard InChI is InChI=1S/C5H8BrF3/c6-4-2-1-3-5(7,8)9/h1-4H2. The van der Waals surface area contributed by atoms with Crippen molar-refractivity contribution in [1.29, 1.82) is 0 Å². The number of halogens is 4. The molecule has 0 atom stereocenters. The lowest BCUT2D eigenvalue weighted by Gasteiger charge is -2.02. The molecule has 0 N–H and O–H groups in total. The van der Waals surface area contributed by atoms with Crippen LogP contribution in [-0.2, 0) is 0 Å². The minimum absolute atomic E-state index is 0.231. The Morgan fingerprint density at radius 3 is 2.00 bits per heavy atom. The minimum atomic E-state index is -3.97. The second kappa shape index (κ2) is 4.14. The molecule has 0 heterocycles. The first-order valence-electron chi connectivity index (χ1n) is 2.69. The third kappa shape index (κ3) is 8.27. The Hall–Kier alpha value is 0.270. The molecule has 0 nitrogen and oxygen atoms in total. The zero-order chi connectivity index (χ0) is 7.33. The van der Waals surface area contributed by atoms with Gasteiger partial charge in [-0.1, -0.05) is 15.9 Å². The summed E-state index contributed by atoms with van der Waals surface area (Å²) in [5, 5.41) is 0.656. The molecule has 0 aromatic carbocycles. The number of rotatable bonds is 3. The minimum Gasteiger partial charge on any atom is -0.171 e. The van der Waals surface area contributed by atoms with Gasteiger partial charge in [0.15, 0.2) is 0 Å². The molecule has 0 bridgehead atoms. The van der Waals surface area contributed by atoms with Crippen LogP contribution in [0.4, 0.5) is 13.2 Å². The van der Waals surface area contributed by atoms with Gasteiger partial charge in [-0.2, -0.15) is 13.2 Å². The summed E-state index contributed by atoms with van der Waals surface area (Å²) in [5.41, 5.74) is 0. The molecule has 4 heteroatoms. The number of hydrogen-bond acceptors (Lipinski definition) is 0. The third-order valence-corrected chi connectivity index (χ3v) is 1.40. The Kier molecular flexibility index (Phi) is 4.27. The fourth-order valence-electron chi connectivity index (χ4n) is 0.420. The van der Waals surface area contributed by atoms with Gasteiger partial charge in [-0.25, -0.2) is 0 Å². The monoisotopic (exact) mass is 204 g/mol. The van der Waals surface area contributed by atoms with Crippen LogP contribution in [0.15, 0.2) is 0 Å². The van der Waals surface area contributed by atoms with E-state index in [4.69, 9.17) is 0 Å². The molecule has 0 aliphatic carbocycles. The molecule has 0 aromatic rings. The van der Waals surface area contributed by atoms with E-state index in [1.807, 2.05) is 0 Å². The van der Waals surface area contributed by atoms with Crippen molar-refractivity contribution in [2.24, 2.45) is 0 Å². The molecule has 0 aliphatic heterocycles. The molecule has 0 aliphatic rings. The smallest absolute Gasteiger partial charge is 0.171 e. The summed E-state index contributed by atoms with van der Waals surface area (Å²) < 4.78 is 34.1. The first-order valence-corrected chi connectivity index (χ1v) is 3.81. The van der Waals surface area contributed by atoms with E-state index in [1.165, 1.54) is 0 Å². The van der Waals surface area contributed by atoms with Gasteiger partial charge in [0.25, 0.3) is 0 Å². The van der Waals surface area contributed by atoms with Gasteiger partial charge in [-0.15, -0.1) is 0 Å². The van der Waals surface area contributed by atoms with Crippen molar-refractivity contribution in [2.75, 3.05) is 5.33 Å². The summed E-state index contributed by atoms with van der Waals surface area (Å²) in [4.78, 5) is 0. The molecule has 0 saturated carbocycles. The van der Waals surface area contributed by atoms with Crippen LogP contribution in [0, 0.1) is 0 Å². The molecule has 0 fully saturated rings. The van der Waals surface area contributed by atoms with Crippen LogP contribution in [0.3, 0.4) is 0 Å². The van der Waals surface area contributed by atoms with Gasteiger partial charge in [0.1, 0.15) is 0 Å². The highest BCUT2D eigenvalue weighted by atomic mass is 79.9. The second-order valence-electron chi connectivity index (χ2n) is 1.76. The fourth-order valence-corrected chi connectivity index (χ4v) is 0.816. The van der Waals surface area contributed by atoms with E-state index < -0.39 is 12.6 Å². The van der Waals surface area contributed by atoms with Gasteiger partial charge in [0.05, 0.1) is 0 Å². The first-order chi connectivity index (χ1) is 4.06. The van der Waals surface area contributed by atoms with Crippen LogP contribution in [0.5, 0.6) is 0 Å². The number of alkyl halides is 4. The molecular formula is C5H8BrF3. The summed E-state index contributed by atoms with van der Waals surface area (Å²) in [6.07, 6.45) is -3.80. The van der Waals surface area contributed by atoms with Crippen LogP contribution in [0.1, 0.15) is 19.3 Å². The zero-order valence-electron chi connectivity index (χ0n) is 4.84. The highest BCUT2D eigenvalue weighted by Gasteiger charge is 2.25. The van der Waals surface area contributed by atoms with Crippen LogP contribution in [-0.4, -0.2) is 11.5 Å². The van der Waals surface area contributed by atoms with Crippen molar-refractivity contribution in [3.8, 4) is 0 Å². The predicted octanol–water partition coefficient (Wildman–Crippen LogP) is 3.11. The summed E-state index contributed by atoms with van der Waals surface area (Å²) in [5.74, 6) is 0. The van der Waals surface area contributed by atoms with E-state index in [9.17, 15) is 13.2 Å². The van der Waals surface area contributed by atoms with Crippen molar-refractivity contribution >= 4 is 15.9 Å². The van der Waals surface area contributed by atoms with Gasteiger partial charge >= 0.3 is 6.18 Å². The SMILES string of the molecule is FC(F)(F)CCCCBr. The van der Waals surface area contributed by atoms with Crippen molar-refractivity contribution in [3.63, 3.8) is 0 Å². The molecular weight excluding hydrogens is 197 g/mol. The average Bonchev–Trinajstić information content (AvgIpc) is 1.63. The largest absolute Gasteiger partial charge is 0.389 e. The van der Waals surface area contributed by atoms with E-state index in [2.05, 4.69) is 15.9 Å². The van der Waals surface area contributed by atoms with E-state index in [0.717, 1.165) is 0 Å². The second-order valence-corrected chi connectivity index (χ2v) is 2.55. The van der Waals surface area contributed by atoms with Gasteiger partial charge in [-0.3, -0.25) is 0 Å². The van der Waals surface area contributed by atoms with Gasteiger partial charge in [0, 0.05) is 11.8 Å². The molecule has 0 radical (unpaired) electrons. The maximum Gasteiger partial charge on any atom is 0.389 e. The van der Waals surface area contributed by atoms with E-state index in [1.54, 1.807) is 0 Å². The highest BCUT2D eigenvalue weighted by molar-refractivity contribution is 9.09. The third-order valence-electron chi connectivity index (χ3n) is 0.844. The Labute approximate surface area is 60.6 Å². The molecule has 0 spiro atoms. The Morgan fingerprint density at radius 1 is 1.11 bits per heavy atom. The Bertz CT molecular complexity index is 69.1. The van der Waals surface area contributed by atoms with E-state index in [0.29, 0.717) is 11.8 Å². The van der Waals surface area contributed by atoms with Crippen molar-refractivity contribution in [3.05, 3.63) is 0 Å². The van der Waals surface area contributed by atoms with Crippen LogP contribution >= 0.6 is 15.9 Å². The number of hydrogen-bond donors (Lipinski definition) is 0. The Balaban J connectivity index is 3.07. The topological polar surface area (TPSA) is 0 Å². The van der Waals surface area contributed by atoms with Crippen LogP contribution in [0.2, 0.25) is 0 Å². The maximum atomic E-state index is 11.4. The van der Waals surface area contributed by atoms with Crippen molar-refractivity contribution in [1.82, 2.24) is 0 Å². The number of unbranched alkanes of at least 4 members (excludes halogenated alkanes) is 1. The quantitative estimate of drug-likeness (QED) is 0.490. The average molecular weight is 205 g/mol. The molecule has 56 valence electrons. The van der Waals surface area contributed by atoms with E-state index >= 15 is 0 Å². The summed E-state index contributed by atoms with van der Waals surface area (Å²) in [6, 6.07) is 0. The fraction of sp³-hybridized carbons (Fsp3) is 1.00. The molecule has 9 heavy (non-hydrogen) atoms. The zero-order valence-corrected chi connectivity index (χ0v) is 6.43. The van der Waals surface area contributed by atoms with Crippen LogP contribution < -0.4 is 0 Å². The summed E-state index contributed by atoms with van der Waals surface area (Å²) in [6.45, 7) is 0. The molecule has 0 saturated heterocycles. The van der Waals surface area contributed by atoms with Gasteiger partial charge in [0.2, 0.25) is 0 Å². The molecule has 0 amide bonds. The summed E-state index contributed by atoms with van der Waals surface area (Å²) in [7, 11) is 0. The lowest BCUT2D eigenvalue weighted by atomic mass is 10.2. The molecule has 0 unspecified atom stereocenters. The van der Waals surface area contributed by atoms with Crippen molar-refractivity contribution < 1.29 is 13.2 Å². The van der Waals surface area contributed by atoms with Gasteiger partial charge in [-0.05, 0) is 12.8 Å². The first kappa shape index (κ1) is 9.27. The maximum absolute atomic E-state index is 11.4. The Morgan fingerprint density at radius 2 is 1.67 bits per heavy atom.